The zero-order chi connectivity index (χ0) is 10.8. The van der Waals surface area contributed by atoms with Crippen molar-refractivity contribution < 1.29 is 4.74 Å². The predicted octanol–water partition coefficient (Wildman–Crippen LogP) is 2.35. The Balaban J connectivity index is 3.14. The highest BCUT2D eigenvalue weighted by Crippen LogP contribution is 1.94. The fourth-order valence-electron chi connectivity index (χ4n) is 1.07. The Hall–Kier alpha value is 0.270. The summed E-state index contributed by atoms with van der Waals surface area (Å²) in [5, 5.41) is 3.43. The summed E-state index contributed by atoms with van der Waals surface area (Å²) in [5.74, 6) is 1.67. The van der Waals surface area contributed by atoms with Crippen molar-refractivity contribution in [1.82, 2.24) is 5.32 Å². The maximum Gasteiger partial charge on any atom is 0.0616 e. The molecule has 14 heavy (non-hydrogen) atoms. The average molecular weight is 219 g/mol. The molecule has 0 spiro atoms. The van der Waals surface area contributed by atoms with E-state index in [4.69, 9.17) is 4.74 Å². The molecular formula is C11H25NOS. The van der Waals surface area contributed by atoms with E-state index in [-0.39, 0.29) is 0 Å². The Bertz CT molecular complexity index is 120. The van der Waals surface area contributed by atoms with Crippen LogP contribution in [0.2, 0.25) is 0 Å². The quantitative estimate of drug-likeness (QED) is 0.459. The summed E-state index contributed by atoms with van der Waals surface area (Å²) in [4.78, 5) is 0. The average Bonchev–Trinajstić information content (AvgIpc) is 2.14. The van der Waals surface area contributed by atoms with E-state index in [1.54, 1.807) is 0 Å². The zero-order valence-corrected chi connectivity index (χ0v) is 10.6. The van der Waals surface area contributed by atoms with Crippen molar-refractivity contribution in [1.29, 1.82) is 0 Å². The maximum absolute atomic E-state index is 5.53. The Kier molecular flexibility index (Phi) is 10.0. The Morgan fingerprint density at radius 1 is 1.21 bits per heavy atom. The molecule has 0 aromatic heterocycles. The molecule has 1 unspecified atom stereocenters. The van der Waals surface area contributed by atoms with E-state index in [0.717, 1.165) is 38.4 Å². The van der Waals surface area contributed by atoms with Gasteiger partial charge in [-0.2, -0.15) is 12.6 Å². The molecule has 1 atom stereocenters. The van der Waals surface area contributed by atoms with Gasteiger partial charge in [0.15, 0.2) is 0 Å². The highest BCUT2D eigenvalue weighted by Gasteiger charge is 2.01. The first kappa shape index (κ1) is 14.3. The van der Waals surface area contributed by atoms with Gasteiger partial charge in [-0.3, -0.25) is 0 Å². The Morgan fingerprint density at radius 3 is 2.50 bits per heavy atom. The minimum Gasteiger partial charge on any atom is -0.380 e. The molecule has 0 saturated heterocycles. The maximum atomic E-state index is 5.53. The first-order valence-electron chi connectivity index (χ1n) is 5.58. The molecule has 0 fully saturated rings. The standard InChI is InChI=1S/C11H25NOS/c1-10(2)8-12-11(3)9-13-6-4-5-7-14/h10-12,14H,4-9H2,1-3H3. The van der Waals surface area contributed by atoms with Gasteiger partial charge in [-0.15, -0.1) is 0 Å². The van der Waals surface area contributed by atoms with E-state index in [0.29, 0.717) is 12.0 Å². The molecular weight excluding hydrogens is 194 g/mol. The van der Waals surface area contributed by atoms with E-state index in [9.17, 15) is 0 Å². The lowest BCUT2D eigenvalue weighted by atomic mass is 10.2. The number of hydrogen-bond donors (Lipinski definition) is 2. The predicted molar refractivity (Wildman–Crippen MR) is 66.2 cm³/mol. The summed E-state index contributed by atoms with van der Waals surface area (Å²) in [6, 6.07) is 0.466. The molecule has 0 aromatic carbocycles. The highest BCUT2D eigenvalue weighted by atomic mass is 32.1. The minimum atomic E-state index is 0.466. The lowest BCUT2D eigenvalue weighted by molar-refractivity contribution is 0.112. The molecule has 1 N–H and O–H groups in total. The van der Waals surface area contributed by atoms with Gasteiger partial charge >= 0.3 is 0 Å². The van der Waals surface area contributed by atoms with Gasteiger partial charge in [0, 0.05) is 12.6 Å². The second-order valence-electron chi connectivity index (χ2n) is 4.21. The van der Waals surface area contributed by atoms with Crippen molar-refractivity contribution in [2.24, 2.45) is 5.92 Å². The third-order valence-corrected chi connectivity index (χ3v) is 2.26. The number of thiol groups is 1. The van der Waals surface area contributed by atoms with Gasteiger partial charge in [-0.25, -0.2) is 0 Å². The molecule has 0 aromatic rings. The highest BCUT2D eigenvalue weighted by molar-refractivity contribution is 7.80. The molecule has 0 bridgehead atoms. The monoisotopic (exact) mass is 219 g/mol. The van der Waals surface area contributed by atoms with E-state index >= 15 is 0 Å². The van der Waals surface area contributed by atoms with E-state index in [2.05, 4.69) is 38.7 Å². The fourth-order valence-corrected chi connectivity index (χ4v) is 1.30. The van der Waals surface area contributed by atoms with Crippen molar-refractivity contribution >= 4 is 12.6 Å². The normalized spacial score (nSPS) is 13.5. The van der Waals surface area contributed by atoms with E-state index in [1.165, 1.54) is 0 Å². The van der Waals surface area contributed by atoms with Crippen LogP contribution < -0.4 is 5.32 Å². The summed E-state index contributed by atoms with van der Waals surface area (Å²) in [6.45, 7) is 9.36. The van der Waals surface area contributed by atoms with Gasteiger partial charge in [-0.1, -0.05) is 13.8 Å². The van der Waals surface area contributed by atoms with Crippen LogP contribution in [0.3, 0.4) is 0 Å². The van der Waals surface area contributed by atoms with Crippen LogP contribution >= 0.6 is 12.6 Å². The summed E-state index contributed by atoms with van der Waals surface area (Å²) in [5.41, 5.74) is 0. The molecule has 0 aliphatic heterocycles. The topological polar surface area (TPSA) is 21.3 Å². The van der Waals surface area contributed by atoms with Crippen LogP contribution in [0.1, 0.15) is 33.6 Å². The third kappa shape index (κ3) is 10.4. The van der Waals surface area contributed by atoms with E-state index < -0.39 is 0 Å². The SMILES string of the molecule is CC(C)CNC(C)COCCCCS. The Morgan fingerprint density at radius 2 is 1.93 bits per heavy atom. The largest absolute Gasteiger partial charge is 0.380 e. The minimum absolute atomic E-state index is 0.466. The smallest absolute Gasteiger partial charge is 0.0616 e. The second-order valence-corrected chi connectivity index (χ2v) is 4.66. The van der Waals surface area contributed by atoms with Crippen molar-refractivity contribution in [3.8, 4) is 0 Å². The number of rotatable bonds is 9. The van der Waals surface area contributed by atoms with Crippen LogP contribution in [0.25, 0.3) is 0 Å². The van der Waals surface area contributed by atoms with Crippen molar-refractivity contribution in [2.45, 2.75) is 39.7 Å². The van der Waals surface area contributed by atoms with Gasteiger partial charge in [0.05, 0.1) is 6.61 Å². The summed E-state index contributed by atoms with van der Waals surface area (Å²) in [6.07, 6.45) is 2.28. The third-order valence-electron chi connectivity index (χ3n) is 1.94. The Labute approximate surface area is 94.2 Å². The fraction of sp³-hybridized carbons (Fsp3) is 1.00. The molecule has 86 valence electrons. The molecule has 0 amide bonds. The van der Waals surface area contributed by atoms with Gasteiger partial charge in [-0.05, 0) is 38.0 Å². The molecule has 0 aliphatic carbocycles. The van der Waals surface area contributed by atoms with Gasteiger partial charge in [0.1, 0.15) is 0 Å². The van der Waals surface area contributed by atoms with Crippen LogP contribution in [0, 0.1) is 5.92 Å². The second kappa shape index (κ2) is 9.81. The lowest BCUT2D eigenvalue weighted by Gasteiger charge is -2.15. The summed E-state index contributed by atoms with van der Waals surface area (Å²) >= 11 is 4.15. The van der Waals surface area contributed by atoms with Crippen LogP contribution in [0.5, 0.6) is 0 Å². The van der Waals surface area contributed by atoms with E-state index in [1.807, 2.05) is 0 Å². The number of hydrogen-bond acceptors (Lipinski definition) is 3. The molecule has 0 rings (SSSR count). The molecule has 0 aliphatic rings. The number of ether oxygens (including phenoxy) is 1. The summed E-state index contributed by atoms with van der Waals surface area (Å²) < 4.78 is 5.53. The van der Waals surface area contributed by atoms with Crippen molar-refractivity contribution in [2.75, 3.05) is 25.5 Å². The number of nitrogens with one attached hydrogen (secondary N) is 1. The number of unbranched alkanes of at least 4 members (excludes halogenated alkanes) is 1. The van der Waals surface area contributed by atoms with Crippen molar-refractivity contribution in [3.63, 3.8) is 0 Å². The van der Waals surface area contributed by atoms with Crippen LogP contribution in [0.4, 0.5) is 0 Å². The van der Waals surface area contributed by atoms with Gasteiger partial charge in [0.2, 0.25) is 0 Å². The summed E-state index contributed by atoms with van der Waals surface area (Å²) in [7, 11) is 0. The zero-order valence-electron chi connectivity index (χ0n) is 9.75. The lowest BCUT2D eigenvalue weighted by Crippen LogP contribution is -2.33. The van der Waals surface area contributed by atoms with Gasteiger partial charge in [0.25, 0.3) is 0 Å². The molecule has 0 heterocycles. The molecule has 0 saturated carbocycles. The van der Waals surface area contributed by atoms with Crippen LogP contribution in [0.15, 0.2) is 0 Å². The molecule has 2 nitrogen and oxygen atoms in total. The van der Waals surface area contributed by atoms with Gasteiger partial charge < -0.3 is 10.1 Å². The first-order chi connectivity index (χ1) is 6.66. The van der Waals surface area contributed by atoms with Crippen molar-refractivity contribution in [3.05, 3.63) is 0 Å². The molecule has 3 heteroatoms. The van der Waals surface area contributed by atoms with Crippen LogP contribution in [-0.2, 0) is 4.74 Å². The molecule has 0 radical (unpaired) electrons. The first-order valence-corrected chi connectivity index (χ1v) is 6.22. The van der Waals surface area contributed by atoms with Crippen LogP contribution in [-0.4, -0.2) is 31.6 Å².